The van der Waals surface area contributed by atoms with Crippen molar-refractivity contribution in [3.63, 3.8) is 0 Å². The lowest BCUT2D eigenvalue weighted by molar-refractivity contribution is -0.276. The Kier molecular flexibility index (Phi) is 3.78. The van der Waals surface area contributed by atoms with Crippen LogP contribution in [0.5, 0.6) is 0 Å². The summed E-state index contributed by atoms with van der Waals surface area (Å²) in [6.45, 7) is 9.72. The lowest BCUT2D eigenvalue weighted by Crippen LogP contribution is -2.74. The Morgan fingerprint density at radius 1 is 1.12 bits per heavy atom. The van der Waals surface area contributed by atoms with Crippen LogP contribution in [0.3, 0.4) is 0 Å². The molecule has 0 aromatic rings. The Bertz CT molecular complexity index is 623. The first-order valence-electron chi connectivity index (χ1n) is 10.8. The number of likely N-dealkylation sites (tertiary alicyclic amines) is 1. The molecule has 0 aromatic heterocycles. The van der Waals surface area contributed by atoms with Crippen molar-refractivity contribution in [2.45, 2.75) is 64.1 Å². The van der Waals surface area contributed by atoms with E-state index in [2.05, 4.69) is 18.4 Å². The van der Waals surface area contributed by atoms with Crippen LogP contribution in [0.2, 0.25) is 0 Å². The number of hydrogen-bond acceptors (Lipinski definition) is 4. The fourth-order valence-corrected chi connectivity index (χ4v) is 8.82. The normalized spacial score (nSPS) is 56.2. The maximum Gasteiger partial charge on any atom is 0.0834 e. The molecule has 5 saturated carbocycles. The maximum absolute atomic E-state index is 11.4. The summed E-state index contributed by atoms with van der Waals surface area (Å²) in [7, 11) is 0. The third kappa shape index (κ3) is 1.95. The summed E-state index contributed by atoms with van der Waals surface area (Å²) in [5.41, 5.74) is 1.04. The molecule has 1 saturated heterocycles. The molecule has 6 aliphatic rings. The number of aliphatic hydroxyl groups excluding tert-OH is 3. The van der Waals surface area contributed by atoms with Crippen LogP contribution < -0.4 is 0 Å². The molecule has 8 atom stereocenters. The van der Waals surface area contributed by atoms with Gasteiger partial charge >= 0.3 is 0 Å². The van der Waals surface area contributed by atoms with Crippen molar-refractivity contribution >= 4 is 0 Å². The molecule has 0 aromatic carbocycles. The van der Waals surface area contributed by atoms with Crippen molar-refractivity contribution in [3.8, 4) is 0 Å². The van der Waals surface area contributed by atoms with E-state index in [1.165, 1.54) is 19.3 Å². The lowest BCUT2D eigenvalue weighted by Gasteiger charge is -2.73. The lowest BCUT2D eigenvalue weighted by atomic mass is 9.34. The number of fused-ring (bicyclic) bond motifs is 2. The molecule has 0 unspecified atom stereocenters. The molecular weight excluding hydrogens is 326 g/mol. The summed E-state index contributed by atoms with van der Waals surface area (Å²) in [5.74, 6) is 1.37. The molecule has 4 nitrogen and oxygen atoms in total. The van der Waals surface area contributed by atoms with Crippen LogP contribution in [0.1, 0.15) is 51.9 Å². The van der Waals surface area contributed by atoms with E-state index in [0.29, 0.717) is 17.8 Å². The second-order valence-electron chi connectivity index (χ2n) is 10.6. The van der Waals surface area contributed by atoms with Gasteiger partial charge in [-0.05, 0) is 72.7 Å². The van der Waals surface area contributed by atoms with Gasteiger partial charge in [0.1, 0.15) is 0 Å². The number of nitrogens with zero attached hydrogens (tertiary/aromatic N) is 1. The first kappa shape index (κ1) is 17.7. The fourth-order valence-electron chi connectivity index (χ4n) is 8.82. The average Bonchev–Trinajstić information content (AvgIpc) is 2.60. The molecule has 6 rings (SSSR count). The largest absolute Gasteiger partial charge is 0.395 e. The molecule has 1 heterocycles. The minimum Gasteiger partial charge on any atom is -0.395 e. The van der Waals surface area contributed by atoms with Crippen LogP contribution >= 0.6 is 0 Å². The summed E-state index contributed by atoms with van der Waals surface area (Å²) in [4.78, 5) is 2.49. The molecule has 5 aliphatic carbocycles. The Balaban J connectivity index is 1.62. The Morgan fingerprint density at radius 3 is 2.69 bits per heavy atom. The third-order valence-electron chi connectivity index (χ3n) is 9.70. The van der Waals surface area contributed by atoms with Gasteiger partial charge in [-0.15, -0.1) is 0 Å². The molecule has 1 spiro atoms. The third-order valence-corrected chi connectivity index (χ3v) is 9.70. The van der Waals surface area contributed by atoms with Gasteiger partial charge in [0.25, 0.3) is 0 Å². The highest BCUT2D eigenvalue weighted by Crippen LogP contribution is 2.73. The zero-order valence-electron chi connectivity index (χ0n) is 16.2. The highest BCUT2D eigenvalue weighted by molar-refractivity contribution is 5.29. The van der Waals surface area contributed by atoms with Crippen molar-refractivity contribution in [2.75, 3.05) is 26.2 Å². The van der Waals surface area contributed by atoms with Crippen LogP contribution in [0.4, 0.5) is 0 Å². The quantitative estimate of drug-likeness (QED) is 0.660. The molecular formula is C22H35NO3. The predicted molar refractivity (Wildman–Crippen MR) is 100 cm³/mol. The molecule has 0 amide bonds. The van der Waals surface area contributed by atoms with E-state index in [0.717, 1.165) is 50.9 Å². The highest BCUT2D eigenvalue weighted by atomic mass is 16.3. The topological polar surface area (TPSA) is 63.9 Å². The second-order valence-corrected chi connectivity index (χ2v) is 10.6. The zero-order chi connectivity index (χ0) is 18.3. The van der Waals surface area contributed by atoms with Gasteiger partial charge in [-0.1, -0.05) is 19.9 Å². The predicted octanol–water partition coefficient (Wildman–Crippen LogP) is 2.19. The van der Waals surface area contributed by atoms with Crippen molar-refractivity contribution in [2.24, 2.45) is 34.0 Å². The van der Waals surface area contributed by atoms with E-state index < -0.39 is 12.2 Å². The number of aliphatic hydroxyl groups is 3. The summed E-state index contributed by atoms with van der Waals surface area (Å²) < 4.78 is 0. The monoisotopic (exact) mass is 361 g/mol. The van der Waals surface area contributed by atoms with E-state index in [4.69, 9.17) is 0 Å². The van der Waals surface area contributed by atoms with Crippen molar-refractivity contribution in [1.29, 1.82) is 0 Å². The first-order chi connectivity index (χ1) is 12.4. The van der Waals surface area contributed by atoms with Crippen LogP contribution in [-0.4, -0.2) is 58.7 Å². The zero-order valence-corrected chi connectivity index (χ0v) is 16.2. The summed E-state index contributed by atoms with van der Waals surface area (Å²) in [6, 6.07) is 0. The van der Waals surface area contributed by atoms with Crippen molar-refractivity contribution in [1.82, 2.24) is 4.90 Å². The molecule has 0 radical (unpaired) electrons. The van der Waals surface area contributed by atoms with Gasteiger partial charge in [0.2, 0.25) is 0 Å². The van der Waals surface area contributed by atoms with Gasteiger partial charge in [0.05, 0.1) is 18.8 Å². The smallest absolute Gasteiger partial charge is 0.0834 e. The minimum atomic E-state index is -0.535. The van der Waals surface area contributed by atoms with Gasteiger partial charge in [-0.2, -0.15) is 0 Å². The number of β-amino-alcohol motifs (C(OH)–C–C–N with tert-alkyl or cyclic N) is 1. The average molecular weight is 362 g/mol. The number of rotatable bonds is 2. The molecule has 6 fully saturated rings. The highest BCUT2D eigenvalue weighted by Gasteiger charge is 2.72. The molecule has 1 aliphatic heterocycles. The molecule has 4 heteroatoms. The SMILES string of the molecule is C=C1[C@H]2CC[C@@]3([C@H](O)C[C@@H]4[C@]5(C)CCC[C@@]4(CN(CCO)C5)[C@@H]3C2)[C@@H]1O. The number of hydrogen-bond donors (Lipinski definition) is 3. The van der Waals surface area contributed by atoms with Crippen LogP contribution in [0, 0.1) is 34.0 Å². The van der Waals surface area contributed by atoms with Gasteiger partial charge in [-0.25, -0.2) is 0 Å². The fraction of sp³-hybridized carbons (Fsp3) is 0.909. The van der Waals surface area contributed by atoms with E-state index in [9.17, 15) is 15.3 Å². The molecule has 3 N–H and O–H groups in total. The summed E-state index contributed by atoms with van der Waals surface area (Å²) in [6.07, 6.45) is 6.77. The molecule has 26 heavy (non-hydrogen) atoms. The van der Waals surface area contributed by atoms with Gasteiger partial charge in [0, 0.05) is 25.0 Å². The Morgan fingerprint density at radius 2 is 1.92 bits per heavy atom. The van der Waals surface area contributed by atoms with Gasteiger partial charge < -0.3 is 15.3 Å². The van der Waals surface area contributed by atoms with Gasteiger partial charge in [-0.3, -0.25) is 4.90 Å². The van der Waals surface area contributed by atoms with Crippen LogP contribution in [0.15, 0.2) is 12.2 Å². The van der Waals surface area contributed by atoms with E-state index in [-0.39, 0.29) is 22.9 Å². The van der Waals surface area contributed by atoms with Gasteiger partial charge in [0.15, 0.2) is 0 Å². The maximum atomic E-state index is 11.4. The summed E-state index contributed by atoms with van der Waals surface area (Å²) >= 11 is 0. The molecule has 146 valence electrons. The van der Waals surface area contributed by atoms with E-state index >= 15 is 0 Å². The van der Waals surface area contributed by atoms with E-state index in [1.807, 2.05) is 0 Å². The van der Waals surface area contributed by atoms with Crippen LogP contribution in [-0.2, 0) is 0 Å². The Labute approximate surface area is 157 Å². The standard InChI is InChI=1S/C22H35NO3/c1-14-15-4-7-22(19(14)26)17(10-15)21-6-3-5-20(2,16(21)11-18(22)25)12-23(13-21)8-9-24/h15-19,24-26H,1,3-13H2,2H3/t15-,16+,17-,18+,19+,20+,21-,22+/m0/s1. The van der Waals surface area contributed by atoms with E-state index in [1.54, 1.807) is 0 Å². The molecule has 4 bridgehead atoms. The first-order valence-corrected chi connectivity index (χ1v) is 10.8. The van der Waals surface area contributed by atoms with Crippen molar-refractivity contribution < 1.29 is 15.3 Å². The Hall–Kier alpha value is -0.420. The van der Waals surface area contributed by atoms with Crippen molar-refractivity contribution in [3.05, 3.63) is 12.2 Å². The second kappa shape index (κ2) is 5.56. The van der Waals surface area contributed by atoms with Crippen LogP contribution in [0.25, 0.3) is 0 Å². The number of piperidine rings is 1. The summed E-state index contributed by atoms with van der Waals surface area (Å²) in [5, 5.41) is 32.2. The minimum absolute atomic E-state index is 0.194.